The van der Waals surface area contributed by atoms with Crippen LogP contribution >= 0.6 is 0 Å². The van der Waals surface area contributed by atoms with Crippen molar-refractivity contribution in [1.82, 2.24) is 0 Å². The topological polar surface area (TPSA) is 16.6 Å². The molecule has 0 aromatic rings. The van der Waals surface area contributed by atoms with E-state index >= 15 is 0 Å². The zero-order chi connectivity index (χ0) is 10.9. The Bertz CT molecular complexity index is 138. The van der Waals surface area contributed by atoms with Crippen molar-refractivity contribution in [3.8, 4) is 0 Å². The molecule has 0 bridgehead atoms. The highest BCUT2D eigenvalue weighted by Crippen LogP contribution is 2.20. The average Bonchev–Trinajstić information content (AvgIpc) is 2.16. The summed E-state index contributed by atoms with van der Waals surface area (Å²) < 4.78 is 0. The molecule has 0 aliphatic rings. The molecule has 1 nitrogen and oxygen atoms in total. The summed E-state index contributed by atoms with van der Waals surface area (Å²) in [6.45, 7) is 8.99. The van der Waals surface area contributed by atoms with Crippen LogP contribution in [0.1, 0.15) is 66.2 Å². The van der Waals surface area contributed by atoms with Crippen LogP contribution in [0.25, 0.3) is 0 Å². The molecule has 2 N–H and O–H groups in total. The normalized spacial score (nSPS) is 11.7. The predicted molar refractivity (Wildman–Crippen MR) is 64.2 cm³/mol. The van der Waals surface area contributed by atoms with E-state index < -0.39 is 0 Å². The Labute approximate surface area is 102 Å². The summed E-state index contributed by atoms with van der Waals surface area (Å²) in [6.07, 6.45) is 12.3. The molecule has 0 unspecified atom stereocenters. The SMILES string of the molecule is C/C=C/[NH2+]C(CCC)(CCC)CCC.[Cl-]. The molecule has 0 aromatic heterocycles. The quantitative estimate of drug-likeness (QED) is 0.618. The van der Waals surface area contributed by atoms with Gasteiger partial charge in [0.1, 0.15) is 5.54 Å². The highest BCUT2D eigenvalue weighted by Gasteiger charge is 2.29. The minimum absolute atomic E-state index is 0. The van der Waals surface area contributed by atoms with Gasteiger partial charge in [0.25, 0.3) is 0 Å². The molecule has 0 heterocycles. The molecule has 92 valence electrons. The summed E-state index contributed by atoms with van der Waals surface area (Å²) in [4.78, 5) is 0. The van der Waals surface area contributed by atoms with Gasteiger partial charge in [0.2, 0.25) is 0 Å². The van der Waals surface area contributed by atoms with Crippen molar-refractivity contribution >= 4 is 0 Å². The fourth-order valence-corrected chi connectivity index (χ4v) is 2.42. The number of hydrogen-bond acceptors (Lipinski definition) is 0. The molecule has 0 radical (unpaired) electrons. The summed E-state index contributed by atoms with van der Waals surface area (Å²) in [6, 6.07) is 0. The molecule has 0 saturated heterocycles. The lowest BCUT2D eigenvalue weighted by atomic mass is 9.84. The van der Waals surface area contributed by atoms with Crippen LogP contribution < -0.4 is 17.7 Å². The van der Waals surface area contributed by atoms with E-state index in [-0.39, 0.29) is 12.4 Å². The molecule has 0 aromatic carbocycles. The molecule has 0 fully saturated rings. The lowest BCUT2D eigenvalue weighted by Crippen LogP contribution is -3.00. The third kappa shape index (κ3) is 6.97. The minimum atomic E-state index is 0. The van der Waals surface area contributed by atoms with Crippen LogP contribution in [-0.4, -0.2) is 5.54 Å². The minimum Gasteiger partial charge on any atom is -1.00 e. The fourth-order valence-electron chi connectivity index (χ4n) is 2.42. The first-order chi connectivity index (χ1) is 6.74. The van der Waals surface area contributed by atoms with Crippen LogP contribution in [0, 0.1) is 0 Å². The monoisotopic (exact) mass is 233 g/mol. The first-order valence-corrected chi connectivity index (χ1v) is 6.21. The van der Waals surface area contributed by atoms with Crippen molar-refractivity contribution in [2.24, 2.45) is 0 Å². The molecule has 15 heavy (non-hydrogen) atoms. The van der Waals surface area contributed by atoms with Gasteiger partial charge in [-0.15, -0.1) is 0 Å². The molecule has 0 rings (SSSR count). The summed E-state index contributed by atoms with van der Waals surface area (Å²) in [5, 5.41) is 2.45. The van der Waals surface area contributed by atoms with Gasteiger partial charge in [-0.3, -0.25) is 0 Å². The van der Waals surface area contributed by atoms with E-state index in [0.29, 0.717) is 5.54 Å². The van der Waals surface area contributed by atoms with Gasteiger partial charge in [-0.05, 0) is 13.0 Å². The van der Waals surface area contributed by atoms with Gasteiger partial charge in [0.05, 0.1) is 6.20 Å². The van der Waals surface area contributed by atoms with E-state index in [4.69, 9.17) is 0 Å². The Hall–Kier alpha value is -0.0100. The maximum absolute atomic E-state index is 2.45. The van der Waals surface area contributed by atoms with Gasteiger partial charge in [-0.1, -0.05) is 40.0 Å². The van der Waals surface area contributed by atoms with Crippen molar-refractivity contribution in [3.63, 3.8) is 0 Å². The van der Waals surface area contributed by atoms with Crippen molar-refractivity contribution < 1.29 is 17.7 Å². The Morgan fingerprint density at radius 3 is 1.60 bits per heavy atom. The van der Waals surface area contributed by atoms with Crippen LogP contribution in [0.15, 0.2) is 12.3 Å². The summed E-state index contributed by atoms with van der Waals surface area (Å²) in [7, 11) is 0. The first-order valence-electron chi connectivity index (χ1n) is 6.21. The number of allylic oxidation sites excluding steroid dienone is 1. The zero-order valence-electron chi connectivity index (χ0n) is 10.9. The molecule has 0 atom stereocenters. The molecule has 0 aliphatic carbocycles. The van der Waals surface area contributed by atoms with Crippen LogP contribution in [-0.2, 0) is 0 Å². The summed E-state index contributed by atoms with van der Waals surface area (Å²) in [5.41, 5.74) is 0.491. The van der Waals surface area contributed by atoms with E-state index in [1.54, 1.807) is 0 Å². The van der Waals surface area contributed by atoms with Gasteiger partial charge >= 0.3 is 0 Å². The second-order valence-corrected chi connectivity index (χ2v) is 4.30. The second kappa shape index (κ2) is 10.5. The molecular weight excluding hydrogens is 206 g/mol. The third-order valence-corrected chi connectivity index (χ3v) is 2.89. The molecule has 0 saturated carbocycles. The number of quaternary nitrogens is 1. The van der Waals surface area contributed by atoms with E-state index in [9.17, 15) is 0 Å². The Kier molecular flexibility index (Phi) is 12.2. The maximum Gasteiger partial charge on any atom is 0.100 e. The maximum atomic E-state index is 2.45. The lowest BCUT2D eigenvalue weighted by molar-refractivity contribution is -0.673. The zero-order valence-corrected chi connectivity index (χ0v) is 11.6. The Balaban J connectivity index is 0. The number of halogens is 1. The highest BCUT2D eigenvalue weighted by atomic mass is 35.5. The Morgan fingerprint density at radius 2 is 1.33 bits per heavy atom. The van der Waals surface area contributed by atoms with E-state index in [1.165, 1.54) is 38.5 Å². The molecule has 0 aliphatic heterocycles. The van der Waals surface area contributed by atoms with E-state index in [0.717, 1.165) is 0 Å². The fraction of sp³-hybridized carbons (Fsp3) is 0.846. The second-order valence-electron chi connectivity index (χ2n) is 4.30. The third-order valence-electron chi connectivity index (χ3n) is 2.89. The van der Waals surface area contributed by atoms with Gasteiger partial charge in [-0.25, -0.2) is 0 Å². The summed E-state index contributed by atoms with van der Waals surface area (Å²) >= 11 is 0. The van der Waals surface area contributed by atoms with Gasteiger partial charge in [0, 0.05) is 19.3 Å². The lowest BCUT2D eigenvalue weighted by Gasteiger charge is -2.29. The van der Waals surface area contributed by atoms with E-state index in [1.807, 2.05) is 0 Å². The summed E-state index contributed by atoms with van der Waals surface area (Å²) in [5.74, 6) is 0. The van der Waals surface area contributed by atoms with Crippen LogP contribution in [0.2, 0.25) is 0 Å². The Morgan fingerprint density at radius 1 is 0.933 bits per heavy atom. The molecule has 0 amide bonds. The van der Waals surface area contributed by atoms with Crippen LogP contribution in [0.3, 0.4) is 0 Å². The van der Waals surface area contributed by atoms with Crippen LogP contribution in [0.5, 0.6) is 0 Å². The van der Waals surface area contributed by atoms with Gasteiger partial charge in [0.15, 0.2) is 0 Å². The van der Waals surface area contributed by atoms with Gasteiger partial charge in [-0.2, -0.15) is 0 Å². The van der Waals surface area contributed by atoms with Crippen LogP contribution in [0.4, 0.5) is 0 Å². The standard InChI is InChI=1S/C13H27N.ClH/c1-5-9-13(10-6-2,11-7-3)14-12-8-4;/h8,12,14H,5-7,9-11H2,1-4H3;1H/b12-8+;. The largest absolute Gasteiger partial charge is 1.00 e. The van der Waals surface area contributed by atoms with E-state index in [2.05, 4.69) is 45.3 Å². The number of hydrogen-bond donors (Lipinski definition) is 1. The van der Waals surface area contributed by atoms with Crippen molar-refractivity contribution in [1.29, 1.82) is 0 Å². The number of nitrogens with two attached hydrogens (primary N) is 1. The first kappa shape index (κ1) is 17.4. The number of rotatable bonds is 8. The van der Waals surface area contributed by atoms with Gasteiger partial charge < -0.3 is 17.7 Å². The van der Waals surface area contributed by atoms with Crippen molar-refractivity contribution in [2.45, 2.75) is 71.8 Å². The van der Waals surface area contributed by atoms with Crippen molar-refractivity contribution in [3.05, 3.63) is 12.3 Å². The highest BCUT2D eigenvalue weighted by molar-refractivity contribution is 4.78. The van der Waals surface area contributed by atoms with Crippen molar-refractivity contribution in [2.75, 3.05) is 0 Å². The molecule has 2 heteroatoms. The average molecular weight is 234 g/mol. The predicted octanol–water partition coefficient (Wildman–Crippen LogP) is 0.227. The molecule has 0 spiro atoms. The smallest absolute Gasteiger partial charge is 0.100 e. The molecular formula is C13H28ClN.